The molecule has 1 aromatic rings. The Balaban J connectivity index is 2.72. The fourth-order valence-electron chi connectivity index (χ4n) is 1.58. The number of nitrogens with one attached hydrogen (secondary N) is 1. The van der Waals surface area contributed by atoms with Crippen molar-refractivity contribution in [3.8, 4) is 11.8 Å². The van der Waals surface area contributed by atoms with Crippen molar-refractivity contribution < 1.29 is 19.4 Å². The Kier molecular flexibility index (Phi) is 5.37. The molecular weight excluding hydrogens is 270 g/mol. The largest absolute Gasteiger partial charge is 0.478 e. The van der Waals surface area contributed by atoms with Gasteiger partial charge in [-0.1, -0.05) is 24.0 Å². The number of aromatic carboxylic acids is 1. The van der Waals surface area contributed by atoms with Crippen molar-refractivity contribution in [3.63, 3.8) is 0 Å². The van der Waals surface area contributed by atoms with Gasteiger partial charge in [-0.3, -0.25) is 0 Å². The maximum absolute atomic E-state index is 11.4. The zero-order valence-corrected chi connectivity index (χ0v) is 12.6. The predicted octanol–water partition coefficient (Wildman–Crippen LogP) is 2.57. The standard InChI is InChI=1S/C16H19NO4/c1-11-7-5-8-13(14(18)19)12(11)9-6-10-17-15(20)21-16(2,3)4/h5,7-8H,10H2,1-4H3,(H,17,20)(H,18,19). The molecule has 0 spiro atoms. The van der Waals surface area contributed by atoms with E-state index in [-0.39, 0.29) is 12.1 Å². The van der Waals surface area contributed by atoms with Gasteiger partial charge in [0, 0.05) is 5.56 Å². The van der Waals surface area contributed by atoms with E-state index in [1.54, 1.807) is 39.8 Å². The summed E-state index contributed by atoms with van der Waals surface area (Å²) in [4.78, 5) is 22.5. The maximum Gasteiger partial charge on any atom is 0.408 e. The van der Waals surface area contributed by atoms with Crippen molar-refractivity contribution in [3.05, 3.63) is 34.9 Å². The Labute approximate surface area is 124 Å². The molecule has 0 aliphatic carbocycles. The molecule has 1 rings (SSSR count). The van der Waals surface area contributed by atoms with Gasteiger partial charge in [0.15, 0.2) is 0 Å². The van der Waals surface area contributed by atoms with Gasteiger partial charge in [-0.05, 0) is 39.3 Å². The first-order chi connectivity index (χ1) is 9.70. The molecule has 21 heavy (non-hydrogen) atoms. The molecule has 0 aliphatic rings. The highest BCUT2D eigenvalue weighted by atomic mass is 16.6. The second-order valence-corrected chi connectivity index (χ2v) is 5.46. The average Bonchev–Trinajstić information content (AvgIpc) is 2.33. The number of hydrogen-bond donors (Lipinski definition) is 2. The topological polar surface area (TPSA) is 75.6 Å². The number of carbonyl (C=O) groups excluding carboxylic acids is 1. The van der Waals surface area contributed by atoms with E-state index in [9.17, 15) is 9.59 Å². The summed E-state index contributed by atoms with van der Waals surface area (Å²) in [5, 5.41) is 11.6. The third-order valence-corrected chi connectivity index (χ3v) is 2.44. The first kappa shape index (κ1) is 16.6. The van der Waals surface area contributed by atoms with Gasteiger partial charge in [0.05, 0.1) is 12.1 Å². The second-order valence-electron chi connectivity index (χ2n) is 5.46. The van der Waals surface area contributed by atoms with E-state index < -0.39 is 17.7 Å². The number of ether oxygens (including phenoxy) is 1. The van der Waals surface area contributed by atoms with Crippen molar-refractivity contribution in [2.24, 2.45) is 0 Å². The van der Waals surface area contributed by atoms with Crippen LogP contribution in [0.3, 0.4) is 0 Å². The summed E-state index contributed by atoms with van der Waals surface area (Å²) < 4.78 is 5.06. The summed E-state index contributed by atoms with van der Waals surface area (Å²) in [6.07, 6.45) is -0.556. The lowest BCUT2D eigenvalue weighted by molar-refractivity contribution is 0.0534. The van der Waals surface area contributed by atoms with Crippen LogP contribution in [0.15, 0.2) is 18.2 Å². The summed E-state index contributed by atoms with van der Waals surface area (Å²) in [6, 6.07) is 4.96. The smallest absolute Gasteiger partial charge is 0.408 e. The number of rotatable bonds is 2. The lowest BCUT2D eigenvalue weighted by atomic mass is 10.0. The van der Waals surface area contributed by atoms with Crippen LogP contribution in [0.2, 0.25) is 0 Å². The van der Waals surface area contributed by atoms with Crippen molar-refractivity contribution >= 4 is 12.1 Å². The molecule has 0 saturated heterocycles. The first-order valence-electron chi connectivity index (χ1n) is 6.49. The van der Waals surface area contributed by atoms with E-state index >= 15 is 0 Å². The number of benzene rings is 1. The van der Waals surface area contributed by atoms with Crippen LogP contribution in [0.1, 0.15) is 42.3 Å². The quantitative estimate of drug-likeness (QED) is 0.820. The molecule has 2 N–H and O–H groups in total. The fourth-order valence-corrected chi connectivity index (χ4v) is 1.58. The molecular formula is C16H19NO4. The summed E-state index contributed by atoms with van der Waals surface area (Å²) in [5.74, 6) is 4.48. The minimum Gasteiger partial charge on any atom is -0.478 e. The number of alkyl carbamates (subject to hydrolysis) is 1. The Bertz CT molecular complexity index is 603. The van der Waals surface area contributed by atoms with E-state index in [0.717, 1.165) is 5.56 Å². The zero-order valence-electron chi connectivity index (χ0n) is 12.6. The van der Waals surface area contributed by atoms with Crippen molar-refractivity contribution in [1.82, 2.24) is 5.32 Å². The molecule has 0 heterocycles. The van der Waals surface area contributed by atoms with Gasteiger partial charge < -0.3 is 15.2 Å². The molecule has 0 radical (unpaired) electrons. The fraction of sp³-hybridized carbons (Fsp3) is 0.375. The minimum absolute atomic E-state index is 0.0856. The van der Waals surface area contributed by atoms with Gasteiger partial charge in [-0.25, -0.2) is 9.59 Å². The Morgan fingerprint density at radius 2 is 2.00 bits per heavy atom. The minimum atomic E-state index is -1.02. The second kappa shape index (κ2) is 6.80. The summed E-state index contributed by atoms with van der Waals surface area (Å²) in [5.41, 5.74) is 0.819. The molecule has 0 fully saturated rings. The van der Waals surface area contributed by atoms with Crippen molar-refractivity contribution in [1.29, 1.82) is 0 Å². The summed E-state index contributed by atoms with van der Waals surface area (Å²) in [7, 11) is 0. The third kappa shape index (κ3) is 5.57. The zero-order chi connectivity index (χ0) is 16.0. The van der Waals surface area contributed by atoms with Crippen molar-refractivity contribution in [2.75, 3.05) is 6.54 Å². The SMILES string of the molecule is Cc1cccc(C(=O)O)c1C#CCNC(=O)OC(C)(C)C. The van der Waals surface area contributed by atoms with Gasteiger partial charge >= 0.3 is 12.1 Å². The number of aryl methyl sites for hydroxylation is 1. The maximum atomic E-state index is 11.4. The molecule has 0 aliphatic heterocycles. The molecule has 5 heteroatoms. The van der Waals surface area contributed by atoms with Crippen LogP contribution in [0.4, 0.5) is 4.79 Å². The van der Waals surface area contributed by atoms with Gasteiger partial charge in [-0.2, -0.15) is 0 Å². The van der Waals surface area contributed by atoms with Gasteiger partial charge in [0.2, 0.25) is 0 Å². The molecule has 0 saturated carbocycles. The highest BCUT2D eigenvalue weighted by Crippen LogP contribution is 2.12. The highest BCUT2D eigenvalue weighted by Gasteiger charge is 2.15. The number of amides is 1. The number of carboxylic acid groups (broad SMARTS) is 1. The van der Waals surface area contributed by atoms with Gasteiger partial charge in [0.25, 0.3) is 0 Å². The van der Waals surface area contributed by atoms with E-state index in [0.29, 0.717) is 5.56 Å². The van der Waals surface area contributed by atoms with E-state index in [4.69, 9.17) is 9.84 Å². The van der Waals surface area contributed by atoms with Gasteiger partial charge in [0.1, 0.15) is 5.60 Å². The van der Waals surface area contributed by atoms with Crippen LogP contribution in [0, 0.1) is 18.8 Å². The predicted molar refractivity (Wildman–Crippen MR) is 79.3 cm³/mol. The van der Waals surface area contributed by atoms with Crippen LogP contribution in [0.25, 0.3) is 0 Å². The Morgan fingerprint density at radius 1 is 1.33 bits per heavy atom. The summed E-state index contributed by atoms with van der Waals surface area (Å²) >= 11 is 0. The first-order valence-corrected chi connectivity index (χ1v) is 6.49. The van der Waals surface area contributed by atoms with Crippen LogP contribution < -0.4 is 5.32 Å². The number of hydrogen-bond acceptors (Lipinski definition) is 3. The number of carboxylic acids is 1. The van der Waals surface area contributed by atoms with E-state index in [2.05, 4.69) is 17.2 Å². The van der Waals surface area contributed by atoms with Crippen LogP contribution in [-0.2, 0) is 4.74 Å². The lowest BCUT2D eigenvalue weighted by Gasteiger charge is -2.19. The average molecular weight is 289 g/mol. The van der Waals surface area contributed by atoms with Crippen LogP contribution in [-0.4, -0.2) is 29.3 Å². The molecule has 5 nitrogen and oxygen atoms in total. The monoisotopic (exact) mass is 289 g/mol. The van der Waals surface area contributed by atoms with Crippen molar-refractivity contribution in [2.45, 2.75) is 33.3 Å². The van der Waals surface area contributed by atoms with Gasteiger partial charge in [-0.15, -0.1) is 0 Å². The molecule has 0 unspecified atom stereocenters. The van der Waals surface area contributed by atoms with E-state index in [1.807, 2.05) is 0 Å². The van der Waals surface area contributed by atoms with Crippen LogP contribution >= 0.6 is 0 Å². The summed E-state index contributed by atoms with van der Waals surface area (Å²) in [6.45, 7) is 7.18. The normalized spacial score (nSPS) is 10.3. The van der Waals surface area contributed by atoms with Crippen LogP contribution in [0.5, 0.6) is 0 Å². The molecule has 1 aromatic carbocycles. The third-order valence-electron chi connectivity index (χ3n) is 2.44. The molecule has 112 valence electrons. The molecule has 0 atom stereocenters. The van der Waals surface area contributed by atoms with E-state index in [1.165, 1.54) is 6.07 Å². The molecule has 1 amide bonds. The molecule has 0 aromatic heterocycles. The Morgan fingerprint density at radius 3 is 2.57 bits per heavy atom. The number of carbonyl (C=O) groups is 2. The Hall–Kier alpha value is -2.48. The lowest BCUT2D eigenvalue weighted by Crippen LogP contribution is -2.32. The highest BCUT2D eigenvalue weighted by molar-refractivity contribution is 5.91. The molecule has 0 bridgehead atoms.